The lowest BCUT2D eigenvalue weighted by Crippen LogP contribution is -2.53. The van der Waals surface area contributed by atoms with Gasteiger partial charge in [0.2, 0.25) is 0 Å². The van der Waals surface area contributed by atoms with Gasteiger partial charge in [-0.3, -0.25) is 9.69 Å². The lowest BCUT2D eigenvalue weighted by Gasteiger charge is -2.49. The highest BCUT2D eigenvalue weighted by Crippen LogP contribution is 2.46. The second-order valence-electron chi connectivity index (χ2n) is 8.77. The monoisotopic (exact) mass is 425 g/mol. The van der Waals surface area contributed by atoms with E-state index in [4.69, 9.17) is 4.74 Å². The van der Waals surface area contributed by atoms with E-state index in [9.17, 15) is 14.7 Å². The fraction of sp³-hybridized carbons (Fsp3) is 0.462. The number of carbonyl (C=O) groups excluding carboxylic acids is 1. The van der Waals surface area contributed by atoms with Crippen molar-refractivity contribution in [1.82, 2.24) is 4.90 Å². The fourth-order valence-electron chi connectivity index (χ4n) is 4.51. The molecule has 0 heterocycles. The van der Waals surface area contributed by atoms with Crippen LogP contribution in [0.15, 0.2) is 48.5 Å². The Morgan fingerprint density at radius 1 is 0.968 bits per heavy atom. The second-order valence-corrected chi connectivity index (χ2v) is 8.77. The summed E-state index contributed by atoms with van der Waals surface area (Å²) in [5, 5.41) is 9.71. The summed E-state index contributed by atoms with van der Waals surface area (Å²) >= 11 is 0. The van der Waals surface area contributed by atoms with E-state index in [1.54, 1.807) is 26.0 Å². The topological polar surface area (TPSA) is 66.8 Å². The molecule has 5 heteroatoms. The van der Waals surface area contributed by atoms with E-state index < -0.39 is 11.5 Å². The maximum atomic E-state index is 12.5. The Labute approximate surface area is 186 Å². The first-order valence-corrected chi connectivity index (χ1v) is 11.0. The SMILES string of the molecule is CC[C@@](c1ccccc1)(c1cc(C(=O)O)ccc1OC(=O)C(C)C)N(C(C)C)C(C)C. The van der Waals surface area contributed by atoms with Crippen LogP contribution in [0.4, 0.5) is 0 Å². The standard InChI is InChI=1S/C26H35NO4/c1-8-26(21-12-10-9-11-13-21,27(18(4)5)19(6)7)22-16-20(24(28)29)14-15-23(22)31-25(30)17(2)3/h9-19H,8H2,1-7H3,(H,28,29)/t26-/m1/s1. The minimum atomic E-state index is -1.01. The molecule has 0 radical (unpaired) electrons. The van der Waals surface area contributed by atoms with Crippen molar-refractivity contribution < 1.29 is 19.4 Å². The first-order chi connectivity index (χ1) is 14.6. The van der Waals surface area contributed by atoms with Gasteiger partial charge in [-0.1, -0.05) is 51.1 Å². The zero-order valence-electron chi connectivity index (χ0n) is 19.7. The maximum Gasteiger partial charge on any atom is 0.335 e. The van der Waals surface area contributed by atoms with Crippen LogP contribution in [0.3, 0.4) is 0 Å². The number of rotatable bonds is 9. The molecule has 0 saturated carbocycles. The molecule has 1 atom stereocenters. The highest BCUT2D eigenvalue weighted by Gasteiger charge is 2.44. The van der Waals surface area contributed by atoms with Crippen LogP contribution in [-0.2, 0) is 10.3 Å². The first kappa shape index (κ1) is 24.6. The van der Waals surface area contributed by atoms with Crippen molar-refractivity contribution in [2.75, 3.05) is 0 Å². The van der Waals surface area contributed by atoms with Gasteiger partial charge in [0, 0.05) is 17.6 Å². The normalized spacial score (nSPS) is 13.6. The predicted molar refractivity (Wildman–Crippen MR) is 123 cm³/mol. The smallest absolute Gasteiger partial charge is 0.335 e. The summed E-state index contributed by atoms with van der Waals surface area (Å²) in [5.74, 6) is -1.25. The van der Waals surface area contributed by atoms with Gasteiger partial charge in [0.15, 0.2) is 0 Å². The second kappa shape index (κ2) is 10.1. The molecule has 0 aromatic heterocycles. The van der Waals surface area contributed by atoms with Crippen LogP contribution in [0.25, 0.3) is 0 Å². The number of benzene rings is 2. The number of esters is 1. The maximum absolute atomic E-state index is 12.5. The predicted octanol–water partition coefficient (Wildman–Crippen LogP) is 5.72. The molecule has 0 amide bonds. The zero-order chi connectivity index (χ0) is 23.3. The summed E-state index contributed by atoms with van der Waals surface area (Å²) in [6.45, 7) is 14.2. The van der Waals surface area contributed by atoms with Crippen molar-refractivity contribution in [2.24, 2.45) is 5.92 Å². The number of carboxylic acid groups (broad SMARTS) is 1. The Kier molecular flexibility index (Phi) is 8.02. The van der Waals surface area contributed by atoms with Crippen molar-refractivity contribution in [3.8, 4) is 5.75 Å². The molecule has 0 aliphatic heterocycles. The van der Waals surface area contributed by atoms with Gasteiger partial charge in [0.25, 0.3) is 0 Å². The molecule has 0 unspecified atom stereocenters. The summed E-state index contributed by atoms with van der Waals surface area (Å²) in [4.78, 5) is 26.8. The van der Waals surface area contributed by atoms with Gasteiger partial charge in [-0.05, 0) is 57.9 Å². The first-order valence-electron chi connectivity index (χ1n) is 11.0. The molecule has 0 spiro atoms. The molecule has 5 nitrogen and oxygen atoms in total. The Balaban J connectivity index is 2.94. The number of hydrogen-bond acceptors (Lipinski definition) is 4. The highest BCUT2D eigenvalue weighted by atomic mass is 16.5. The van der Waals surface area contributed by atoms with E-state index in [2.05, 4.69) is 51.7 Å². The summed E-state index contributed by atoms with van der Waals surface area (Å²) in [5.41, 5.74) is 1.21. The number of aromatic carboxylic acids is 1. The van der Waals surface area contributed by atoms with Gasteiger partial charge in [0.05, 0.1) is 17.0 Å². The molecular weight excluding hydrogens is 390 g/mol. The van der Waals surface area contributed by atoms with Crippen LogP contribution in [0.1, 0.15) is 76.4 Å². The number of nitrogens with zero attached hydrogens (tertiary/aromatic N) is 1. The molecule has 0 aliphatic carbocycles. The largest absolute Gasteiger partial charge is 0.478 e. The Morgan fingerprint density at radius 2 is 1.55 bits per heavy atom. The van der Waals surface area contributed by atoms with Crippen molar-refractivity contribution in [3.63, 3.8) is 0 Å². The zero-order valence-corrected chi connectivity index (χ0v) is 19.7. The van der Waals surface area contributed by atoms with Crippen LogP contribution in [0, 0.1) is 5.92 Å². The number of carboxylic acids is 1. The van der Waals surface area contributed by atoms with E-state index in [1.165, 1.54) is 6.07 Å². The third kappa shape index (κ3) is 4.99. The third-order valence-electron chi connectivity index (χ3n) is 5.67. The van der Waals surface area contributed by atoms with Crippen molar-refractivity contribution in [3.05, 3.63) is 65.2 Å². The molecule has 1 N–H and O–H groups in total. The minimum absolute atomic E-state index is 0.155. The van der Waals surface area contributed by atoms with E-state index >= 15 is 0 Å². The van der Waals surface area contributed by atoms with E-state index in [0.717, 1.165) is 5.56 Å². The van der Waals surface area contributed by atoms with Crippen LogP contribution >= 0.6 is 0 Å². The summed E-state index contributed by atoms with van der Waals surface area (Å²) in [6.07, 6.45) is 0.669. The Morgan fingerprint density at radius 3 is 2.00 bits per heavy atom. The number of hydrogen-bond donors (Lipinski definition) is 1. The van der Waals surface area contributed by atoms with Crippen LogP contribution in [0.2, 0.25) is 0 Å². The molecule has 0 bridgehead atoms. The van der Waals surface area contributed by atoms with E-state index in [-0.39, 0.29) is 29.5 Å². The van der Waals surface area contributed by atoms with Gasteiger partial charge in [-0.25, -0.2) is 4.79 Å². The van der Waals surface area contributed by atoms with Gasteiger partial charge in [-0.15, -0.1) is 0 Å². The molecule has 31 heavy (non-hydrogen) atoms. The van der Waals surface area contributed by atoms with Crippen molar-refractivity contribution in [1.29, 1.82) is 0 Å². The molecule has 0 fully saturated rings. The van der Waals surface area contributed by atoms with E-state index in [0.29, 0.717) is 17.7 Å². The van der Waals surface area contributed by atoms with E-state index in [1.807, 2.05) is 18.2 Å². The average Bonchev–Trinajstić information content (AvgIpc) is 2.72. The number of ether oxygens (including phenoxy) is 1. The van der Waals surface area contributed by atoms with Crippen LogP contribution in [-0.4, -0.2) is 34.0 Å². The lowest BCUT2D eigenvalue weighted by atomic mass is 9.76. The van der Waals surface area contributed by atoms with Crippen LogP contribution in [0.5, 0.6) is 5.75 Å². The van der Waals surface area contributed by atoms with Crippen molar-refractivity contribution >= 4 is 11.9 Å². The molecule has 2 aromatic carbocycles. The summed E-state index contributed by atoms with van der Waals surface area (Å²) < 4.78 is 5.82. The Hall–Kier alpha value is -2.66. The quantitative estimate of drug-likeness (QED) is 0.411. The Bertz CT molecular complexity index is 897. The van der Waals surface area contributed by atoms with Gasteiger partial charge >= 0.3 is 11.9 Å². The molecule has 168 valence electrons. The number of carbonyl (C=O) groups is 2. The fourth-order valence-corrected chi connectivity index (χ4v) is 4.51. The molecule has 0 saturated heterocycles. The molecular formula is C26H35NO4. The molecule has 2 aromatic rings. The molecule has 2 rings (SSSR count). The van der Waals surface area contributed by atoms with Crippen LogP contribution < -0.4 is 4.74 Å². The lowest BCUT2D eigenvalue weighted by molar-refractivity contribution is -0.137. The average molecular weight is 426 g/mol. The van der Waals surface area contributed by atoms with Gasteiger partial charge < -0.3 is 9.84 Å². The minimum Gasteiger partial charge on any atom is -0.478 e. The van der Waals surface area contributed by atoms with Gasteiger partial charge in [-0.2, -0.15) is 0 Å². The summed E-state index contributed by atoms with van der Waals surface area (Å²) in [6, 6.07) is 15.1. The van der Waals surface area contributed by atoms with Gasteiger partial charge in [0.1, 0.15) is 5.75 Å². The highest BCUT2D eigenvalue weighted by molar-refractivity contribution is 5.88. The summed E-state index contributed by atoms with van der Waals surface area (Å²) in [7, 11) is 0. The molecule has 0 aliphatic rings. The van der Waals surface area contributed by atoms with Crippen molar-refractivity contribution in [2.45, 2.75) is 72.5 Å². The third-order valence-corrected chi connectivity index (χ3v) is 5.67.